The van der Waals surface area contributed by atoms with Gasteiger partial charge in [-0.1, -0.05) is 11.6 Å². The van der Waals surface area contributed by atoms with Gasteiger partial charge in [-0.25, -0.2) is 9.67 Å². The molecule has 0 radical (unpaired) electrons. The molecular formula is C20H16ClF3N6O. The highest BCUT2D eigenvalue weighted by atomic mass is 35.5. The zero-order valence-electron chi connectivity index (χ0n) is 16.6. The molecule has 0 saturated carbocycles. The normalized spacial score (nSPS) is 11.8. The van der Waals surface area contributed by atoms with Crippen molar-refractivity contribution < 1.29 is 18.0 Å². The van der Waals surface area contributed by atoms with Gasteiger partial charge in [0.1, 0.15) is 5.82 Å². The number of carbonyl (C=O) groups is 1. The van der Waals surface area contributed by atoms with Gasteiger partial charge in [-0.2, -0.15) is 23.4 Å². The number of rotatable bonds is 3. The predicted molar refractivity (Wildman–Crippen MR) is 110 cm³/mol. The molecule has 0 bridgehead atoms. The number of nitrogens with zero attached hydrogens (tertiary/aromatic N) is 5. The van der Waals surface area contributed by atoms with E-state index in [1.54, 1.807) is 31.6 Å². The molecule has 0 spiro atoms. The van der Waals surface area contributed by atoms with Gasteiger partial charge >= 0.3 is 6.18 Å². The lowest BCUT2D eigenvalue weighted by Gasteiger charge is -2.13. The van der Waals surface area contributed by atoms with E-state index in [4.69, 9.17) is 11.6 Å². The average molecular weight is 449 g/mol. The van der Waals surface area contributed by atoms with Crippen LogP contribution < -0.4 is 5.32 Å². The van der Waals surface area contributed by atoms with Gasteiger partial charge in [-0.3, -0.25) is 9.48 Å². The van der Waals surface area contributed by atoms with Crippen molar-refractivity contribution in [2.24, 2.45) is 7.05 Å². The van der Waals surface area contributed by atoms with Gasteiger partial charge in [0.15, 0.2) is 5.65 Å². The van der Waals surface area contributed by atoms with Gasteiger partial charge in [0.2, 0.25) is 0 Å². The van der Waals surface area contributed by atoms with Crippen molar-refractivity contribution in [1.82, 2.24) is 24.5 Å². The molecule has 0 fully saturated rings. The highest BCUT2D eigenvalue weighted by Crippen LogP contribution is 2.34. The van der Waals surface area contributed by atoms with Crippen LogP contribution in [0.15, 0.2) is 36.5 Å². The Morgan fingerprint density at radius 1 is 1.13 bits per heavy atom. The molecule has 160 valence electrons. The van der Waals surface area contributed by atoms with E-state index in [0.29, 0.717) is 11.3 Å². The number of fused-ring (bicyclic) bond motifs is 1. The summed E-state index contributed by atoms with van der Waals surface area (Å²) < 4.78 is 42.3. The Bertz CT molecular complexity index is 1320. The second kappa shape index (κ2) is 7.38. The molecule has 0 aliphatic rings. The Morgan fingerprint density at radius 3 is 2.58 bits per heavy atom. The topological polar surface area (TPSA) is 77.6 Å². The third-order valence-electron chi connectivity index (χ3n) is 4.70. The third kappa shape index (κ3) is 3.86. The number of pyridine rings is 1. The number of alkyl halides is 3. The van der Waals surface area contributed by atoms with E-state index in [-0.39, 0.29) is 22.1 Å². The van der Waals surface area contributed by atoms with E-state index in [0.717, 1.165) is 29.3 Å². The molecule has 1 amide bonds. The van der Waals surface area contributed by atoms with E-state index in [2.05, 4.69) is 20.5 Å². The maximum Gasteiger partial charge on any atom is 0.416 e. The number of carbonyl (C=O) groups excluding carboxylic acids is 1. The zero-order valence-corrected chi connectivity index (χ0v) is 17.4. The van der Waals surface area contributed by atoms with E-state index < -0.39 is 17.6 Å². The van der Waals surface area contributed by atoms with Gasteiger partial charge < -0.3 is 5.32 Å². The summed E-state index contributed by atoms with van der Waals surface area (Å²) in [5.74, 6) is -0.325. The number of halogens is 4. The van der Waals surface area contributed by atoms with E-state index in [9.17, 15) is 18.0 Å². The minimum absolute atomic E-state index is 0.00317. The van der Waals surface area contributed by atoms with E-state index >= 15 is 0 Å². The van der Waals surface area contributed by atoms with Gasteiger partial charge in [-0.15, -0.1) is 0 Å². The Kier molecular flexibility index (Phi) is 4.97. The lowest BCUT2D eigenvalue weighted by molar-refractivity contribution is -0.137. The zero-order chi connectivity index (χ0) is 22.5. The Labute approximate surface area is 179 Å². The molecule has 3 heterocycles. The van der Waals surface area contributed by atoms with Crippen molar-refractivity contribution in [1.29, 1.82) is 0 Å². The summed E-state index contributed by atoms with van der Waals surface area (Å²) in [6, 6.07) is 6.11. The molecule has 1 aromatic carbocycles. The van der Waals surface area contributed by atoms with Crippen molar-refractivity contribution in [3.8, 4) is 5.69 Å². The quantitative estimate of drug-likeness (QED) is 0.493. The van der Waals surface area contributed by atoms with Crippen LogP contribution in [-0.2, 0) is 13.2 Å². The summed E-state index contributed by atoms with van der Waals surface area (Å²) in [5.41, 5.74) is 1.22. The minimum atomic E-state index is -4.55. The fourth-order valence-electron chi connectivity index (χ4n) is 3.24. The summed E-state index contributed by atoms with van der Waals surface area (Å²) in [6.45, 7) is 3.46. The first-order valence-electron chi connectivity index (χ1n) is 9.09. The smallest absolute Gasteiger partial charge is 0.306 e. The molecule has 11 heteroatoms. The van der Waals surface area contributed by atoms with Crippen molar-refractivity contribution in [3.63, 3.8) is 0 Å². The van der Waals surface area contributed by atoms with Crippen molar-refractivity contribution in [2.45, 2.75) is 20.0 Å². The Hall–Kier alpha value is -3.40. The van der Waals surface area contributed by atoms with Gasteiger partial charge in [0.05, 0.1) is 33.2 Å². The molecule has 0 saturated heterocycles. The molecular weight excluding hydrogens is 433 g/mol. The molecule has 0 unspecified atom stereocenters. The summed E-state index contributed by atoms with van der Waals surface area (Å²) >= 11 is 6.14. The molecule has 3 aromatic heterocycles. The lowest BCUT2D eigenvalue weighted by Crippen LogP contribution is -2.16. The van der Waals surface area contributed by atoms with Crippen molar-refractivity contribution in [3.05, 3.63) is 64.1 Å². The third-order valence-corrected chi connectivity index (χ3v) is 5.02. The molecule has 0 aliphatic carbocycles. The maximum atomic E-state index is 13.2. The second-order valence-corrected chi connectivity index (χ2v) is 7.41. The number of nitrogens with one attached hydrogen (secondary N) is 1. The summed E-state index contributed by atoms with van der Waals surface area (Å²) in [5, 5.41) is 11.9. The van der Waals surface area contributed by atoms with Crippen LogP contribution in [0.25, 0.3) is 16.7 Å². The van der Waals surface area contributed by atoms with Gasteiger partial charge in [0, 0.05) is 24.7 Å². The number of amides is 1. The van der Waals surface area contributed by atoms with Crippen LogP contribution in [0.5, 0.6) is 0 Å². The number of aryl methyl sites for hydroxylation is 3. The number of aromatic nitrogens is 5. The number of anilines is 1. The lowest BCUT2D eigenvalue weighted by atomic mass is 10.2. The Balaban J connectivity index is 1.72. The van der Waals surface area contributed by atoms with E-state index in [1.165, 1.54) is 16.9 Å². The standard InChI is InChI=1S/C20H16ClF3N6O/c1-10-6-17(30(27-10)16-8-13(20(22,23)24)4-5-15(16)21)26-19(31)12-7-14-11(2)28-29(3)18(14)25-9-12/h4-9H,1-3H3,(H,26,31). The van der Waals surface area contributed by atoms with Crippen LogP contribution >= 0.6 is 11.6 Å². The van der Waals surface area contributed by atoms with E-state index in [1.807, 2.05) is 0 Å². The average Bonchev–Trinajstić information content (AvgIpc) is 3.19. The fourth-order valence-corrected chi connectivity index (χ4v) is 3.44. The largest absolute Gasteiger partial charge is 0.416 e. The van der Waals surface area contributed by atoms with Gasteiger partial charge in [-0.05, 0) is 38.1 Å². The Morgan fingerprint density at radius 2 is 1.87 bits per heavy atom. The molecule has 31 heavy (non-hydrogen) atoms. The monoisotopic (exact) mass is 448 g/mol. The number of hydrogen-bond donors (Lipinski definition) is 1. The maximum absolute atomic E-state index is 13.2. The molecule has 0 atom stereocenters. The van der Waals surface area contributed by atoms with Crippen LogP contribution in [0, 0.1) is 13.8 Å². The molecule has 4 aromatic rings. The summed E-state index contributed by atoms with van der Waals surface area (Å²) in [7, 11) is 1.75. The summed E-state index contributed by atoms with van der Waals surface area (Å²) in [6.07, 6.45) is -3.14. The number of benzene rings is 1. The highest BCUT2D eigenvalue weighted by Gasteiger charge is 2.31. The van der Waals surface area contributed by atoms with Crippen LogP contribution in [0.4, 0.5) is 19.0 Å². The van der Waals surface area contributed by atoms with Crippen LogP contribution in [0.2, 0.25) is 5.02 Å². The SMILES string of the molecule is Cc1cc(NC(=O)c2cnc3c(c2)c(C)nn3C)n(-c2cc(C(F)(F)F)ccc2Cl)n1. The van der Waals surface area contributed by atoms with Crippen LogP contribution in [0.1, 0.15) is 27.3 Å². The molecule has 1 N–H and O–H groups in total. The fraction of sp³-hybridized carbons (Fsp3) is 0.200. The minimum Gasteiger partial charge on any atom is -0.306 e. The first-order chi connectivity index (χ1) is 14.5. The first kappa shape index (κ1) is 20.9. The summed E-state index contributed by atoms with van der Waals surface area (Å²) in [4.78, 5) is 17.1. The number of hydrogen-bond acceptors (Lipinski definition) is 4. The molecule has 0 aliphatic heterocycles. The van der Waals surface area contributed by atoms with Crippen molar-refractivity contribution in [2.75, 3.05) is 5.32 Å². The first-order valence-corrected chi connectivity index (χ1v) is 9.47. The van der Waals surface area contributed by atoms with Crippen LogP contribution in [-0.4, -0.2) is 30.5 Å². The van der Waals surface area contributed by atoms with Gasteiger partial charge in [0.25, 0.3) is 5.91 Å². The molecule has 4 rings (SSSR count). The van der Waals surface area contributed by atoms with Crippen molar-refractivity contribution >= 4 is 34.4 Å². The predicted octanol–water partition coefficient (Wildman–Crippen LogP) is 4.70. The van der Waals surface area contributed by atoms with Crippen LogP contribution in [0.3, 0.4) is 0 Å². The highest BCUT2D eigenvalue weighted by molar-refractivity contribution is 6.32. The second-order valence-electron chi connectivity index (χ2n) is 7.01. The molecule has 7 nitrogen and oxygen atoms in total.